The molecule has 0 atom stereocenters. The number of methoxy groups -OCH3 is 1. The molecular formula is C12H15BrN2O3. The van der Waals surface area contributed by atoms with Crippen LogP contribution in [0.1, 0.15) is 16.8 Å². The average Bonchev–Trinajstić information content (AvgIpc) is 2.37. The molecule has 0 bridgehead atoms. The van der Waals surface area contributed by atoms with Crippen molar-refractivity contribution in [2.24, 2.45) is 0 Å². The van der Waals surface area contributed by atoms with E-state index in [9.17, 15) is 9.59 Å². The Morgan fingerprint density at radius 1 is 1.44 bits per heavy atom. The second-order valence-electron chi connectivity index (χ2n) is 3.76. The molecule has 1 aromatic rings. The molecule has 0 aliphatic heterocycles. The van der Waals surface area contributed by atoms with Gasteiger partial charge in [0, 0.05) is 19.3 Å². The molecule has 1 aromatic carbocycles. The molecule has 0 aromatic heterocycles. The minimum absolute atomic E-state index is 0.165. The Morgan fingerprint density at radius 2 is 2.11 bits per heavy atom. The Hall–Kier alpha value is -1.56. The van der Waals surface area contributed by atoms with Gasteiger partial charge in [0.1, 0.15) is 0 Å². The van der Waals surface area contributed by atoms with E-state index in [2.05, 4.69) is 20.7 Å². The molecule has 1 rings (SSSR count). The maximum atomic E-state index is 12.1. The average molecular weight is 315 g/mol. The van der Waals surface area contributed by atoms with Crippen LogP contribution in [0, 0.1) is 0 Å². The highest BCUT2D eigenvalue weighted by Gasteiger charge is 2.16. The van der Waals surface area contributed by atoms with Crippen LogP contribution in [-0.4, -0.2) is 37.5 Å². The Bertz CT molecular complexity index is 463. The van der Waals surface area contributed by atoms with Crippen molar-refractivity contribution < 1.29 is 14.3 Å². The van der Waals surface area contributed by atoms with E-state index in [0.29, 0.717) is 22.3 Å². The van der Waals surface area contributed by atoms with Crippen LogP contribution >= 0.6 is 15.9 Å². The van der Waals surface area contributed by atoms with Crippen LogP contribution in [0.25, 0.3) is 0 Å². The summed E-state index contributed by atoms with van der Waals surface area (Å²) >= 11 is 3.28. The lowest BCUT2D eigenvalue weighted by molar-refractivity contribution is -0.140. The van der Waals surface area contributed by atoms with Crippen molar-refractivity contribution in [3.8, 4) is 0 Å². The summed E-state index contributed by atoms with van der Waals surface area (Å²) in [6.45, 7) is 0.298. The van der Waals surface area contributed by atoms with Crippen molar-refractivity contribution in [2.75, 3.05) is 26.4 Å². The third-order valence-corrected chi connectivity index (χ3v) is 3.37. The van der Waals surface area contributed by atoms with Crippen LogP contribution in [-0.2, 0) is 9.53 Å². The van der Waals surface area contributed by atoms with E-state index in [0.717, 1.165) is 0 Å². The van der Waals surface area contributed by atoms with E-state index >= 15 is 0 Å². The van der Waals surface area contributed by atoms with Crippen molar-refractivity contribution in [1.82, 2.24) is 4.90 Å². The number of esters is 1. The topological polar surface area (TPSA) is 72.6 Å². The van der Waals surface area contributed by atoms with Crippen molar-refractivity contribution in [3.63, 3.8) is 0 Å². The summed E-state index contributed by atoms with van der Waals surface area (Å²) in [5, 5.41) is 0. The number of anilines is 1. The van der Waals surface area contributed by atoms with E-state index < -0.39 is 0 Å². The van der Waals surface area contributed by atoms with Crippen LogP contribution in [0.4, 0.5) is 5.69 Å². The smallest absolute Gasteiger partial charge is 0.307 e. The molecule has 2 N–H and O–H groups in total. The van der Waals surface area contributed by atoms with Gasteiger partial charge >= 0.3 is 5.97 Å². The maximum Gasteiger partial charge on any atom is 0.307 e. The summed E-state index contributed by atoms with van der Waals surface area (Å²) in [5.41, 5.74) is 6.69. The SMILES string of the molecule is COC(=O)CCN(C)C(=O)c1cccc(N)c1Br. The van der Waals surface area contributed by atoms with E-state index in [1.807, 2.05) is 0 Å². The fourth-order valence-corrected chi connectivity index (χ4v) is 1.82. The number of carbonyl (C=O) groups excluding carboxylic acids is 2. The third-order valence-electron chi connectivity index (χ3n) is 2.48. The molecule has 0 heterocycles. The van der Waals surface area contributed by atoms with Gasteiger partial charge in [-0.05, 0) is 28.1 Å². The lowest BCUT2D eigenvalue weighted by Gasteiger charge is -2.17. The lowest BCUT2D eigenvalue weighted by atomic mass is 10.2. The molecule has 6 heteroatoms. The summed E-state index contributed by atoms with van der Waals surface area (Å²) in [5.74, 6) is -0.542. The Kier molecular flexibility index (Phi) is 5.15. The van der Waals surface area contributed by atoms with Crippen molar-refractivity contribution in [2.45, 2.75) is 6.42 Å². The van der Waals surface area contributed by atoms with Gasteiger partial charge in [0.2, 0.25) is 0 Å². The molecular weight excluding hydrogens is 300 g/mol. The number of nitrogen functional groups attached to an aromatic ring is 1. The first kappa shape index (κ1) is 14.5. The molecule has 0 saturated carbocycles. The molecule has 1 amide bonds. The largest absolute Gasteiger partial charge is 0.469 e. The highest BCUT2D eigenvalue weighted by atomic mass is 79.9. The van der Waals surface area contributed by atoms with E-state index in [1.165, 1.54) is 12.0 Å². The summed E-state index contributed by atoms with van der Waals surface area (Å²) in [7, 11) is 2.94. The molecule has 0 aliphatic rings. The Morgan fingerprint density at radius 3 is 2.72 bits per heavy atom. The van der Waals surface area contributed by atoms with Gasteiger partial charge in [-0.1, -0.05) is 6.07 Å². The summed E-state index contributed by atoms with van der Waals surface area (Å²) in [6.07, 6.45) is 0.165. The highest BCUT2D eigenvalue weighted by molar-refractivity contribution is 9.10. The Labute approximate surface area is 114 Å². The molecule has 0 unspecified atom stereocenters. The number of rotatable bonds is 4. The normalized spacial score (nSPS) is 9.94. The minimum Gasteiger partial charge on any atom is -0.469 e. The molecule has 5 nitrogen and oxygen atoms in total. The summed E-state index contributed by atoms with van der Waals surface area (Å²) in [4.78, 5) is 24.6. The zero-order valence-corrected chi connectivity index (χ0v) is 11.9. The number of ether oxygens (including phenoxy) is 1. The second-order valence-corrected chi connectivity index (χ2v) is 4.55. The summed E-state index contributed by atoms with van der Waals surface area (Å²) in [6, 6.07) is 5.09. The van der Waals surface area contributed by atoms with Crippen LogP contribution in [0.5, 0.6) is 0 Å². The molecule has 18 heavy (non-hydrogen) atoms. The zero-order valence-electron chi connectivity index (χ0n) is 10.3. The van der Waals surface area contributed by atoms with Gasteiger partial charge in [-0.3, -0.25) is 9.59 Å². The van der Waals surface area contributed by atoms with Gasteiger partial charge < -0.3 is 15.4 Å². The number of hydrogen-bond acceptors (Lipinski definition) is 4. The lowest BCUT2D eigenvalue weighted by Crippen LogP contribution is -2.29. The van der Waals surface area contributed by atoms with Gasteiger partial charge in [-0.15, -0.1) is 0 Å². The van der Waals surface area contributed by atoms with Crippen LogP contribution < -0.4 is 5.73 Å². The number of nitrogens with two attached hydrogens (primary N) is 1. The van der Waals surface area contributed by atoms with Crippen molar-refractivity contribution in [3.05, 3.63) is 28.2 Å². The number of hydrogen-bond donors (Lipinski definition) is 1. The van der Waals surface area contributed by atoms with E-state index in [4.69, 9.17) is 5.73 Å². The second kappa shape index (κ2) is 6.39. The predicted molar refractivity (Wildman–Crippen MR) is 72.1 cm³/mol. The number of carbonyl (C=O) groups is 2. The summed E-state index contributed by atoms with van der Waals surface area (Å²) < 4.78 is 5.09. The number of benzene rings is 1. The minimum atomic E-state index is -0.346. The van der Waals surface area contributed by atoms with Crippen LogP contribution in [0.2, 0.25) is 0 Å². The number of amides is 1. The fourth-order valence-electron chi connectivity index (χ4n) is 1.38. The monoisotopic (exact) mass is 314 g/mol. The van der Waals surface area contributed by atoms with Gasteiger partial charge in [0.15, 0.2) is 0 Å². The van der Waals surface area contributed by atoms with Gasteiger partial charge in [0.25, 0.3) is 5.91 Å². The first-order valence-corrected chi connectivity index (χ1v) is 6.13. The first-order chi connectivity index (χ1) is 8.47. The highest BCUT2D eigenvalue weighted by Crippen LogP contribution is 2.24. The van der Waals surface area contributed by atoms with Gasteiger partial charge in [-0.2, -0.15) is 0 Å². The van der Waals surface area contributed by atoms with Crippen molar-refractivity contribution in [1.29, 1.82) is 0 Å². The molecule has 98 valence electrons. The molecule has 0 saturated heterocycles. The zero-order chi connectivity index (χ0) is 13.7. The van der Waals surface area contributed by atoms with Crippen LogP contribution in [0.3, 0.4) is 0 Å². The predicted octanol–water partition coefficient (Wildman–Crippen LogP) is 1.67. The van der Waals surface area contributed by atoms with Crippen LogP contribution in [0.15, 0.2) is 22.7 Å². The van der Waals surface area contributed by atoms with Gasteiger partial charge in [0.05, 0.1) is 23.6 Å². The van der Waals surface area contributed by atoms with Crippen molar-refractivity contribution >= 4 is 33.5 Å². The molecule has 0 spiro atoms. The van der Waals surface area contributed by atoms with E-state index in [1.54, 1.807) is 25.2 Å². The fraction of sp³-hybridized carbons (Fsp3) is 0.333. The van der Waals surface area contributed by atoms with Gasteiger partial charge in [-0.25, -0.2) is 0 Å². The first-order valence-electron chi connectivity index (χ1n) is 5.33. The Balaban J connectivity index is 2.74. The maximum absolute atomic E-state index is 12.1. The van der Waals surface area contributed by atoms with E-state index in [-0.39, 0.29) is 18.3 Å². The molecule has 0 aliphatic carbocycles. The number of halogens is 1. The molecule has 0 radical (unpaired) electrons. The quantitative estimate of drug-likeness (QED) is 0.677. The number of nitrogens with zero attached hydrogens (tertiary/aromatic N) is 1. The molecule has 0 fully saturated rings. The standard InChI is InChI=1S/C12H15BrN2O3/c1-15(7-6-10(16)18-2)12(17)8-4-3-5-9(14)11(8)13/h3-5H,6-7,14H2,1-2H3. The third kappa shape index (κ3) is 3.46.